The summed E-state index contributed by atoms with van der Waals surface area (Å²) in [5, 5.41) is 12.5. The van der Waals surface area contributed by atoms with Gasteiger partial charge in [-0.3, -0.25) is 4.79 Å². The Morgan fingerprint density at radius 3 is 3.16 bits per heavy atom. The lowest BCUT2D eigenvalue weighted by Crippen LogP contribution is -2.35. The van der Waals surface area contributed by atoms with Gasteiger partial charge in [-0.15, -0.1) is 0 Å². The van der Waals surface area contributed by atoms with E-state index in [4.69, 9.17) is 0 Å². The lowest BCUT2D eigenvalue weighted by atomic mass is 9.87. The van der Waals surface area contributed by atoms with Crippen molar-refractivity contribution in [2.75, 3.05) is 0 Å². The Bertz CT molecular complexity index is 417. The van der Waals surface area contributed by atoms with Gasteiger partial charge in [0.05, 0.1) is 12.6 Å². The van der Waals surface area contributed by atoms with Crippen molar-refractivity contribution >= 4 is 5.91 Å². The van der Waals surface area contributed by atoms with Crippen LogP contribution in [0.25, 0.3) is 0 Å². The number of hydrogen-bond donors (Lipinski definition) is 2. The molecule has 1 fully saturated rings. The van der Waals surface area contributed by atoms with Gasteiger partial charge < -0.3 is 15.0 Å². The van der Waals surface area contributed by atoms with Crippen molar-refractivity contribution in [3.63, 3.8) is 0 Å². The summed E-state index contributed by atoms with van der Waals surface area (Å²) in [5.74, 6) is 0.898. The van der Waals surface area contributed by atoms with Gasteiger partial charge in [-0.2, -0.15) is 0 Å². The molecule has 2 N–H and O–H groups in total. The molecule has 0 aromatic carbocycles. The summed E-state index contributed by atoms with van der Waals surface area (Å²) < 4.78 is 2.07. The van der Waals surface area contributed by atoms with Gasteiger partial charge in [-0.25, -0.2) is 4.98 Å². The van der Waals surface area contributed by atoms with Crippen molar-refractivity contribution < 1.29 is 9.90 Å². The molecule has 0 radical (unpaired) electrons. The normalized spacial score (nSPS) is 23.3. The number of hydrogen-bond acceptors (Lipinski definition) is 3. The fourth-order valence-electron chi connectivity index (χ4n) is 2.66. The van der Waals surface area contributed by atoms with Crippen LogP contribution in [0, 0.1) is 5.92 Å². The van der Waals surface area contributed by atoms with E-state index in [1.54, 1.807) is 6.20 Å². The van der Waals surface area contributed by atoms with E-state index >= 15 is 0 Å². The molecule has 1 heterocycles. The maximum absolute atomic E-state index is 12.0. The number of aliphatic hydroxyl groups is 1. The van der Waals surface area contributed by atoms with Crippen LogP contribution < -0.4 is 5.32 Å². The Labute approximate surface area is 114 Å². The minimum atomic E-state index is -0.313. The van der Waals surface area contributed by atoms with E-state index in [-0.39, 0.29) is 17.9 Å². The highest BCUT2D eigenvalue weighted by atomic mass is 16.3. The van der Waals surface area contributed by atoms with E-state index < -0.39 is 0 Å². The largest absolute Gasteiger partial charge is 0.393 e. The lowest BCUT2D eigenvalue weighted by molar-refractivity contribution is -0.127. The predicted octanol–water partition coefficient (Wildman–Crippen LogP) is 1.46. The van der Waals surface area contributed by atoms with Crippen molar-refractivity contribution in [1.29, 1.82) is 0 Å². The van der Waals surface area contributed by atoms with Gasteiger partial charge in [0.1, 0.15) is 5.82 Å². The fourth-order valence-corrected chi connectivity index (χ4v) is 2.66. The molecule has 2 atom stereocenters. The molecule has 19 heavy (non-hydrogen) atoms. The third kappa shape index (κ3) is 3.80. The zero-order valence-corrected chi connectivity index (χ0v) is 11.5. The number of aromatic nitrogens is 2. The maximum Gasteiger partial charge on any atom is 0.223 e. The van der Waals surface area contributed by atoms with Gasteiger partial charge in [-0.1, -0.05) is 13.3 Å². The second-order valence-electron chi connectivity index (χ2n) is 5.27. The molecule has 0 spiro atoms. The number of aliphatic hydroxyl groups excluding tert-OH is 1. The van der Waals surface area contributed by atoms with E-state index in [2.05, 4.69) is 21.8 Å². The average Bonchev–Trinajstić information content (AvgIpc) is 2.84. The van der Waals surface area contributed by atoms with E-state index in [1.165, 1.54) is 0 Å². The number of amides is 1. The quantitative estimate of drug-likeness (QED) is 0.847. The first-order valence-corrected chi connectivity index (χ1v) is 7.16. The number of imidazole rings is 1. The molecular weight excluding hydrogens is 242 g/mol. The molecule has 5 heteroatoms. The number of nitrogens with one attached hydrogen (secondary N) is 1. The standard InChI is InChI=1S/C14H23N3O2/c1-2-7-17-8-6-15-13(17)10-16-14(19)11-4-3-5-12(18)9-11/h6,8,11-12,18H,2-5,7,9-10H2,1H3,(H,16,19)/t11-,12+/m0/s1. The first-order valence-electron chi connectivity index (χ1n) is 7.16. The van der Waals surface area contributed by atoms with Gasteiger partial charge >= 0.3 is 0 Å². The van der Waals surface area contributed by atoms with Gasteiger partial charge in [0.2, 0.25) is 5.91 Å². The Morgan fingerprint density at radius 2 is 2.42 bits per heavy atom. The molecule has 1 aromatic heterocycles. The Hall–Kier alpha value is -1.36. The summed E-state index contributed by atoms with van der Waals surface area (Å²) in [5.41, 5.74) is 0. The first-order chi connectivity index (χ1) is 9.20. The van der Waals surface area contributed by atoms with Gasteiger partial charge in [0.25, 0.3) is 0 Å². The highest BCUT2D eigenvalue weighted by Crippen LogP contribution is 2.24. The van der Waals surface area contributed by atoms with Crippen molar-refractivity contribution in [2.24, 2.45) is 5.92 Å². The summed E-state index contributed by atoms with van der Waals surface area (Å²) in [7, 11) is 0. The van der Waals surface area contributed by atoms with Crippen LogP contribution in [-0.2, 0) is 17.9 Å². The summed E-state index contributed by atoms with van der Waals surface area (Å²) in [6.07, 6.45) is 7.67. The van der Waals surface area contributed by atoms with E-state index in [1.807, 2.05) is 6.20 Å². The van der Waals surface area contributed by atoms with Crippen LogP contribution in [0.15, 0.2) is 12.4 Å². The lowest BCUT2D eigenvalue weighted by Gasteiger charge is -2.24. The highest BCUT2D eigenvalue weighted by molar-refractivity contribution is 5.78. The van der Waals surface area contributed by atoms with Crippen molar-refractivity contribution in [3.8, 4) is 0 Å². The summed E-state index contributed by atoms with van der Waals surface area (Å²) in [4.78, 5) is 16.3. The van der Waals surface area contributed by atoms with Crippen molar-refractivity contribution in [1.82, 2.24) is 14.9 Å². The molecule has 5 nitrogen and oxygen atoms in total. The second-order valence-corrected chi connectivity index (χ2v) is 5.27. The SMILES string of the molecule is CCCn1ccnc1CNC(=O)[C@H]1CCC[C@@H](O)C1. The van der Waals surface area contributed by atoms with Gasteiger partial charge in [0.15, 0.2) is 0 Å². The number of nitrogens with zero attached hydrogens (tertiary/aromatic N) is 2. The van der Waals surface area contributed by atoms with E-state index in [0.29, 0.717) is 13.0 Å². The molecule has 0 unspecified atom stereocenters. The van der Waals surface area contributed by atoms with Crippen molar-refractivity contribution in [3.05, 3.63) is 18.2 Å². The highest BCUT2D eigenvalue weighted by Gasteiger charge is 2.25. The van der Waals surface area contributed by atoms with Gasteiger partial charge in [-0.05, 0) is 25.7 Å². The molecule has 1 aromatic rings. The van der Waals surface area contributed by atoms with Crippen LogP contribution in [-0.4, -0.2) is 26.7 Å². The number of carbonyl (C=O) groups excluding carboxylic acids is 1. The monoisotopic (exact) mass is 265 g/mol. The molecule has 2 rings (SSSR count). The van der Waals surface area contributed by atoms with Crippen LogP contribution in [0.1, 0.15) is 44.9 Å². The van der Waals surface area contributed by atoms with Crippen LogP contribution >= 0.6 is 0 Å². The summed E-state index contributed by atoms with van der Waals surface area (Å²) in [6.45, 7) is 3.51. The minimum Gasteiger partial charge on any atom is -0.393 e. The molecule has 1 aliphatic rings. The van der Waals surface area contributed by atoms with E-state index in [9.17, 15) is 9.90 Å². The zero-order valence-electron chi connectivity index (χ0n) is 11.5. The summed E-state index contributed by atoms with van der Waals surface area (Å²) >= 11 is 0. The molecule has 106 valence electrons. The molecule has 1 saturated carbocycles. The van der Waals surface area contributed by atoms with Crippen LogP contribution in [0.3, 0.4) is 0 Å². The molecule has 0 bridgehead atoms. The molecule has 0 saturated heterocycles. The molecule has 0 aliphatic heterocycles. The van der Waals surface area contributed by atoms with Crippen molar-refractivity contribution in [2.45, 2.75) is 58.2 Å². The minimum absolute atomic E-state index is 0.0432. The Morgan fingerprint density at radius 1 is 1.58 bits per heavy atom. The van der Waals surface area contributed by atoms with Crippen LogP contribution in [0.5, 0.6) is 0 Å². The molecule has 1 aliphatic carbocycles. The molecule has 1 amide bonds. The Kier molecular flexibility index (Phi) is 4.96. The van der Waals surface area contributed by atoms with Crippen LogP contribution in [0.4, 0.5) is 0 Å². The number of carbonyl (C=O) groups is 1. The Balaban J connectivity index is 1.84. The average molecular weight is 265 g/mol. The summed E-state index contributed by atoms with van der Waals surface area (Å²) in [6, 6.07) is 0. The third-order valence-electron chi connectivity index (χ3n) is 3.70. The topological polar surface area (TPSA) is 67.2 Å². The number of rotatable bonds is 5. The zero-order chi connectivity index (χ0) is 13.7. The molecular formula is C14H23N3O2. The first kappa shape index (κ1) is 14.1. The fraction of sp³-hybridized carbons (Fsp3) is 0.714. The predicted molar refractivity (Wildman–Crippen MR) is 72.3 cm³/mol. The second kappa shape index (κ2) is 6.70. The van der Waals surface area contributed by atoms with E-state index in [0.717, 1.165) is 38.1 Å². The smallest absolute Gasteiger partial charge is 0.223 e. The maximum atomic E-state index is 12.0. The number of aryl methyl sites for hydroxylation is 1. The van der Waals surface area contributed by atoms with Crippen LogP contribution in [0.2, 0.25) is 0 Å². The van der Waals surface area contributed by atoms with Gasteiger partial charge in [0, 0.05) is 24.9 Å². The third-order valence-corrected chi connectivity index (χ3v) is 3.70.